The summed E-state index contributed by atoms with van der Waals surface area (Å²) in [6, 6.07) is 19.0. The third-order valence-electron chi connectivity index (χ3n) is 5.28. The zero-order valence-corrected chi connectivity index (χ0v) is 21.1. The zero-order valence-electron chi connectivity index (χ0n) is 18.7. The number of nitrogens with one attached hydrogen (secondary N) is 1. The highest BCUT2D eigenvalue weighted by Crippen LogP contribution is 2.35. The molecule has 0 saturated heterocycles. The molecule has 35 heavy (non-hydrogen) atoms. The minimum atomic E-state index is -3.96. The number of rotatable bonds is 8. The molecule has 0 bridgehead atoms. The van der Waals surface area contributed by atoms with E-state index in [2.05, 4.69) is 26.2 Å². The number of ether oxygens (including phenoxy) is 3. The van der Waals surface area contributed by atoms with E-state index in [1.165, 1.54) is 12.1 Å². The number of hydrogen-bond acceptors (Lipinski definition) is 8. The van der Waals surface area contributed by atoms with Crippen LogP contribution in [0.4, 0.5) is 5.88 Å². The summed E-state index contributed by atoms with van der Waals surface area (Å²) < 4.78 is 49.9. The van der Waals surface area contributed by atoms with Gasteiger partial charge in [0.05, 0.1) is 11.5 Å². The number of oxazole rings is 1. The first-order valence-electron chi connectivity index (χ1n) is 10.8. The second-order valence-electron chi connectivity index (χ2n) is 7.61. The highest BCUT2D eigenvalue weighted by Gasteiger charge is 2.28. The van der Waals surface area contributed by atoms with Crippen LogP contribution in [0.1, 0.15) is 12.5 Å². The van der Waals surface area contributed by atoms with Crippen molar-refractivity contribution in [2.75, 3.05) is 18.7 Å². The molecule has 0 aliphatic carbocycles. The van der Waals surface area contributed by atoms with E-state index >= 15 is 0 Å². The van der Waals surface area contributed by atoms with Crippen molar-refractivity contribution in [3.8, 4) is 28.7 Å². The van der Waals surface area contributed by atoms with Crippen LogP contribution >= 0.6 is 15.9 Å². The first kappa shape index (κ1) is 23.3. The Morgan fingerprint density at radius 1 is 1.00 bits per heavy atom. The summed E-state index contributed by atoms with van der Waals surface area (Å²) in [4.78, 5) is 4.49. The minimum Gasteiger partial charge on any atom is -0.494 e. The summed E-state index contributed by atoms with van der Waals surface area (Å²) in [6.45, 7) is 2.91. The molecule has 8 nitrogen and oxygen atoms in total. The predicted molar refractivity (Wildman–Crippen MR) is 133 cm³/mol. The van der Waals surface area contributed by atoms with Gasteiger partial charge in [0.25, 0.3) is 0 Å². The van der Waals surface area contributed by atoms with Crippen molar-refractivity contribution in [3.63, 3.8) is 0 Å². The van der Waals surface area contributed by atoms with Crippen molar-refractivity contribution in [1.82, 2.24) is 4.98 Å². The zero-order chi connectivity index (χ0) is 24.4. The van der Waals surface area contributed by atoms with E-state index in [-0.39, 0.29) is 35.0 Å². The Hall–Kier alpha value is -3.50. The Balaban J connectivity index is 1.50. The molecule has 4 aromatic rings. The molecule has 1 N–H and O–H groups in total. The van der Waals surface area contributed by atoms with Crippen molar-refractivity contribution in [2.24, 2.45) is 0 Å². The number of sulfone groups is 1. The quantitative estimate of drug-likeness (QED) is 0.296. The Bertz CT molecular complexity index is 1450. The fourth-order valence-electron chi connectivity index (χ4n) is 3.54. The van der Waals surface area contributed by atoms with Gasteiger partial charge in [0.2, 0.25) is 33.4 Å². The fourth-order valence-corrected chi connectivity index (χ4v) is 5.09. The lowest BCUT2D eigenvalue weighted by molar-refractivity contribution is 0.174. The number of aromatic nitrogens is 1. The van der Waals surface area contributed by atoms with Crippen LogP contribution in [0.25, 0.3) is 11.5 Å². The molecule has 2 heterocycles. The van der Waals surface area contributed by atoms with E-state index in [0.29, 0.717) is 29.4 Å². The van der Waals surface area contributed by atoms with Crippen LogP contribution in [0.3, 0.4) is 0 Å². The molecule has 0 spiro atoms. The van der Waals surface area contributed by atoms with Crippen molar-refractivity contribution in [3.05, 3.63) is 76.8 Å². The number of hydrogen-bond donors (Lipinski definition) is 1. The second kappa shape index (κ2) is 9.63. The summed E-state index contributed by atoms with van der Waals surface area (Å²) >= 11 is 3.34. The summed E-state index contributed by atoms with van der Waals surface area (Å²) in [5, 5.41) is 2.90. The van der Waals surface area contributed by atoms with Crippen molar-refractivity contribution >= 4 is 31.7 Å². The van der Waals surface area contributed by atoms with Gasteiger partial charge in [0.1, 0.15) is 5.75 Å². The van der Waals surface area contributed by atoms with Crippen LogP contribution in [0, 0.1) is 0 Å². The Morgan fingerprint density at radius 2 is 1.74 bits per heavy atom. The van der Waals surface area contributed by atoms with Crippen molar-refractivity contribution in [2.45, 2.75) is 23.4 Å². The van der Waals surface area contributed by atoms with Crippen LogP contribution in [0.15, 0.2) is 85.5 Å². The van der Waals surface area contributed by atoms with Crippen molar-refractivity contribution < 1.29 is 27.0 Å². The maximum Gasteiger partial charge on any atom is 0.234 e. The smallest absolute Gasteiger partial charge is 0.234 e. The molecule has 3 aromatic carbocycles. The van der Waals surface area contributed by atoms with Gasteiger partial charge in [-0.2, -0.15) is 4.98 Å². The van der Waals surface area contributed by atoms with Gasteiger partial charge in [0, 0.05) is 16.6 Å². The third-order valence-corrected chi connectivity index (χ3v) is 7.48. The normalized spacial score (nSPS) is 12.5. The summed E-state index contributed by atoms with van der Waals surface area (Å²) in [6.07, 6.45) is 0. The van der Waals surface area contributed by atoms with Crippen LogP contribution in [-0.4, -0.2) is 26.8 Å². The summed E-state index contributed by atoms with van der Waals surface area (Å²) in [5.74, 6) is 2.24. The van der Waals surface area contributed by atoms with E-state index in [9.17, 15) is 8.42 Å². The molecule has 0 unspecified atom stereocenters. The average Bonchev–Trinajstić information content (AvgIpc) is 3.51. The summed E-state index contributed by atoms with van der Waals surface area (Å²) in [5.41, 5.74) is 1.48. The maximum absolute atomic E-state index is 13.5. The second-order valence-corrected chi connectivity index (χ2v) is 10.4. The largest absolute Gasteiger partial charge is 0.494 e. The first-order chi connectivity index (χ1) is 16.9. The Labute approximate surface area is 210 Å². The molecule has 0 radical (unpaired) electrons. The monoisotopic (exact) mass is 556 g/mol. The number of fused-ring (bicyclic) bond motifs is 1. The number of benzene rings is 3. The molecule has 180 valence electrons. The first-order valence-corrected chi connectivity index (χ1v) is 13.1. The van der Waals surface area contributed by atoms with E-state index < -0.39 is 9.84 Å². The van der Waals surface area contributed by atoms with Crippen LogP contribution in [-0.2, 0) is 16.4 Å². The van der Waals surface area contributed by atoms with Gasteiger partial charge >= 0.3 is 0 Å². The molecule has 0 fully saturated rings. The topological polar surface area (TPSA) is 99.9 Å². The lowest BCUT2D eigenvalue weighted by atomic mass is 10.2. The molecule has 10 heteroatoms. The summed E-state index contributed by atoms with van der Waals surface area (Å²) in [7, 11) is -3.96. The van der Waals surface area contributed by atoms with Crippen LogP contribution < -0.4 is 19.5 Å². The van der Waals surface area contributed by atoms with Gasteiger partial charge in [-0.05, 0) is 73.2 Å². The number of nitrogens with zero attached hydrogens (tertiary/aromatic N) is 1. The number of anilines is 1. The van der Waals surface area contributed by atoms with Gasteiger partial charge in [-0.1, -0.05) is 22.0 Å². The lowest BCUT2D eigenvalue weighted by Crippen LogP contribution is -2.07. The fraction of sp³-hybridized carbons (Fsp3) is 0.160. The molecule has 5 rings (SSSR count). The lowest BCUT2D eigenvalue weighted by Gasteiger charge is -2.07. The van der Waals surface area contributed by atoms with Gasteiger partial charge in [-0.15, -0.1) is 0 Å². The van der Waals surface area contributed by atoms with Crippen LogP contribution in [0.5, 0.6) is 17.2 Å². The predicted octanol–water partition coefficient (Wildman–Crippen LogP) is 5.68. The van der Waals surface area contributed by atoms with Gasteiger partial charge in [0.15, 0.2) is 11.5 Å². The average molecular weight is 557 g/mol. The maximum atomic E-state index is 13.5. The van der Waals surface area contributed by atoms with E-state index in [1.54, 1.807) is 36.4 Å². The van der Waals surface area contributed by atoms with E-state index in [4.69, 9.17) is 18.6 Å². The molecular formula is C25H21BrN2O6S. The Kier molecular flexibility index (Phi) is 6.40. The van der Waals surface area contributed by atoms with Crippen molar-refractivity contribution in [1.29, 1.82) is 0 Å². The molecule has 1 aromatic heterocycles. The van der Waals surface area contributed by atoms with E-state index in [0.717, 1.165) is 10.0 Å². The highest BCUT2D eigenvalue weighted by atomic mass is 79.9. The molecule has 1 aliphatic heterocycles. The highest BCUT2D eigenvalue weighted by molar-refractivity contribution is 9.10. The van der Waals surface area contributed by atoms with Gasteiger partial charge in [-0.25, -0.2) is 8.42 Å². The molecular weight excluding hydrogens is 536 g/mol. The van der Waals surface area contributed by atoms with Gasteiger partial charge in [-0.3, -0.25) is 0 Å². The van der Waals surface area contributed by atoms with Crippen LogP contribution in [0.2, 0.25) is 0 Å². The molecule has 0 amide bonds. The van der Waals surface area contributed by atoms with Gasteiger partial charge < -0.3 is 23.9 Å². The van der Waals surface area contributed by atoms with E-state index in [1.807, 2.05) is 25.1 Å². The molecule has 0 saturated carbocycles. The minimum absolute atomic E-state index is 0.0504. The SMILES string of the molecule is CCOc1ccc(-c2nc(S(=O)(=O)c3ccc(Br)cc3)c(NCc3ccc4c(c3)OCO4)o2)cc1. The third kappa shape index (κ3) is 4.85. The number of halogens is 1. The standard InChI is InChI=1S/C25H21BrN2O6S/c1-2-31-19-8-4-17(5-9-19)23-28-25(35(29,30)20-10-6-18(26)7-11-20)24(34-23)27-14-16-3-12-21-22(13-16)33-15-32-21/h3-13,27H,2,14-15H2,1H3. The molecule has 1 aliphatic rings. The molecule has 0 atom stereocenters. The Morgan fingerprint density at radius 3 is 2.49 bits per heavy atom.